The molecule has 0 saturated carbocycles. The minimum absolute atomic E-state index is 0.197. The van der Waals surface area contributed by atoms with Gasteiger partial charge in [0, 0.05) is 31.9 Å². The molecular weight excluding hydrogens is 302 g/mol. The van der Waals surface area contributed by atoms with Crippen molar-refractivity contribution in [1.29, 1.82) is 0 Å². The van der Waals surface area contributed by atoms with E-state index in [4.69, 9.17) is 4.74 Å². The van der Waals surface area contributed by atoms with E-state index >= 15 is 0 Å². The summed E-state index contributed by atoms with van der Waals surface area (Å²) in [5.41, 5.74) is 1.87. The van der Waals surface area contributed by atoms with Gasteiger partial charge in [-0.2, -0.15) is 0 Å². The lowest BCUT2D eigenvalue weighted by molar-refractivity contribution is 0.00751. The third-order valence-corrected chi connectivity index (χ3v) is 3.87. The van der Waals surface area contributed by atoms with Crippen molar-refractivity contribution in [3.63, 3.8) is 0 Å². The van der Waals surface area contributed by atoms with Gasteiger partial charge in [0.2, 0.25) is 0 Å². The maximum atomic E-state index is 11.9. The molecule has 1 aliphatic rings. The molecule has 1 aromatic carbocycles. The lowest BCUT2D eigenvalue weighted by Gasteiger charge is -2.38. The van der Waals surface area contributed by atoms with Crippen LogP contribution in [0.3, 0.4) is 0 Å². The minimum atomic E-state index is -0.461. The molecule has 5 nitrogen and oxygen atoms in total. The van der Waals surface area contributed by atoms with E-state index in [-0.39, 0.29) is 12.0 Å². The number of nitrogens with zero attached hydrogens (tertiary/aromatic N) is 3. The summed E-state index contributed by atoms with van der Waals surface area (Å²) in [5.74, 6) is 0.995. The minimum Gasteiger partial charge on any atom is -0.444 e. The predicted molar refractivity (Wildman–Crippen MR) is 91.8 cm³/mol. The summed E-state index contributed by atoms with van der Waals surface area (Å²) >= 11 is 0. The van der Waals surface area contributed by atoms with Crippen LogP contribution >= 0.6 is 0 Å². The highest BCUT2D eigenvalue weighted by Gasteiger charge is 2.36. The Morgan fingerprint density at radius 2 is 1.75 bits per heavy atom. The van der Waals surface area contributed by atoms with Gasteiger partial charge >= 0.3 is 6.09 Å². The summed E-state index contributed by atoms with van der Waals surface area (Å²) in [7, 11) is 0. The standard InChI is InChI=1S/C19H23N3O2/c1-19(2,3)24-18(23)22-12-16(13-22)17-20-10-15(11-21-17)9-14-7-5-4-6-8-14/h4-8,10-11,16H,9,12-13H2,1-3H3. The average Bonchev–Trinajstić information content (AvgIpc) is 2.47. The Bertz CT molecular complexity index is 687. The first kappa shape index (κ1) is 16.4. The summed E-state index contributed by atoms with van der Waals surface area (Å²) < 4.78 is 5.36. The molecule has 2 heterocycles. The van der Waals surface area contributed by atoms with Gasteiger partial charge in [-0.05, 0) is 31.9 Å². The summed E-state index contributed by atoms with van der Waals surface area (Å²) in [5, 5.41) is 0. The molecule has 1 aliphatic heterocycles. The number of likely N-dealkylation sites (tertiary alicyclic amines) is 1. The molecule has 0 atom stereocenters. The van der Waals surface area contributed by atoms with Gasteiger partial charge in [-0.1, -0.05) is 30.3 Å². The molecule has 1 aromatic heterocycles. The zero-order chi connectivity index (χ0) is 17.2. The molecule has 1 amide bonds. The molecule has 2 aromatic rings. The van der Waals surface area contributed by atoms with Crippen LogP contribution in [0.15, 0.2) is 42.7 Å². The molecule has 24 heavy (non-hydrogen) atoms. The highest BCUT2D eigenvalue weighted by Crippen LogP contribution is 2.26. The largest absolute Gasteiger partial charge is 0.444 e. The van der Waals surface area contributed by atoms with Crippen molar-refractivity contribution in [2.45, 2.75) is 38.7 Å². The number of benzene rings is 1. The maximum Gasteiger partial charge on any atom is 0.410 e. The fraction of sp³-hybridized carbons (Fsp3) is 0.421. The molecule has 3 rings (SSSR count). The van der Waals surface area contributed by atoms with Crippen LogP contribution in [0.4, 0.5) is 4.79 Å². The van der Waals surface area contributed by atoms with E-state index in [2.05, 4.69) is 22.1 Å². The molecule has 0 N–H and O–H groups in total. The molecule has 1 fully saturated rings. The van der Waals surface area contributed by atoms with Gasteiger partial charge in [0.05, 0.1) is 5.92 Å². The molecule has 0 spiro atoms. The van der Waals surface area contributed by atoms with Crippen LogP contribution in [0.2, 0.25) is 0 Å². The van der Waals surface area contributed by atoms with Gasteiger partial charge in [0.25, 0.3) is 0 Å². The number of amides is 1. The van der Waals surface area contributed by atoms with E-state index in [0.29, 0.717) is 13.1 Å². The lowest BCUT2D eigenvalue weighted by Crippen LogP contribution is -2.50. The number of carbonyl (C=O) groups excluding carboxylic acids is 1. The van der Waals surface area contributed by atoms with Crippen LogP contribution in [-0.4, -0.2) is 39.7 Å². The first-order chi connectivity index (χ1) is 11.4. The molecular formula is C19H23N3O2. The van der Waals surface area contributed by atoms with E-state index in [9.17, 15) is 4.79 Å². The maximum absolute atomic E-state index is 11.9. The van der Waals surface area contributed by atoms with Crippen LogP contribution in [0.5, 0.6) is 0 Å². The second-order valence-corrected chi connectivity index (χ2v) is 7.19. The summed E-state index contributed by atoms with van der Waals surface area (Å²) in [4.78, 5) is 22.6. The molecule has 0 aliphatic carbocycles. The van der Waals surface area contributed by atoms with Gasteiger partial charge < -0.3 is 9.64 Å². The molecule has 5 heteroatoms. The SMILES string of the molecule is CC(C)(C)OC(=O)N1CC(c2ncc(Cc3ccccc3)cn2)C1. The van der Waals surface area contributed by atoms with Crippen LogP contribution in [0.1, 0.15) is 43.6 Å². The Kier molecular flexibility index (Phi) is 4.51. The number of ether oxygens (including phenoxy) is 1. The number of hydrogen-bond acceptors (Lipinski definition) is 4. The van der Waals surface area contributed by atoms with E-state index in [1.165, 1.54) is 5.56 Å². The van der Waals surface area contributed by atoms with Crippen molar-refractivity contribution in [2.24, 2.45) is 0 Å². The quantitative estimate of drug-likeness (QED) is 0.868. The molecule has 0 bridgehead atoms. The third kappa shape index (κ3) is 4.10. The highest BCUT2D eigenvalue weighted by molar-refractivity contribution is 5.69. The van der Waals surface area contributed by atoms with E-state index in [1.54, 1.807) is 4.90 Å². The van der Waals surface area contributed by atoms with E-state index in [0.717, 1.165) is 17.8 Å². The fourth-order valence-electron chi connectivity index (χ4n) is 2.62. The van der Waals surface area contributed by atoms with Crippen LogP contribution in [0, 0.1) is 0 Å². The number of rotatable bonds is 3. The molecule has 0 unspecified atom stereocenters. The second-order valence-electron chi connectivity index (χ2n) is 7.19. The normalized spacial score (nSPS) is 15.0. The van der Waals surface area contributed by atoms with Gasteiger partial charge in [0.1, 0.15) is 11.4 Å². The second kappa shape index (κ2) is 6.59. The van der Waals surface area contributed by atoms with Gasteiger partial charge in [0.15, 0.2) is 0 Å². The van der Waals surface area contributed by atoms with Crippen molar-refractivity contribution >= 4 is 6.09 Å². The molecule has 126 valence electrons. The summed E-state index contributed by atoms with van der Waals surface area (Å²) in [6.07, 6.45) is 4.33. The van der Waals surface area contributed by atoms with Crippen molar-refractivity contribution in [3.05, 3.63) is 59.7 Å². The van der Waals surface area contributed by atoms with Crippen molar-refractivity contribution in [3.8, 4) is 0 Å². The van der Waals surface area contributed by atoms with E-state index in [1.807, 2.05) is 51.4 Å². The Balaban J connectivity index is 1.53. The smallest absolute Gasteiger partial charge is 0.410 e. The fourth-order valence-corrected chi connectivity index (χ4v) is 2.62. The summed E-state index contributed by atoms with van der Waals surface area (Å²) in [6, 6.07) is 10.3. The number of aromatic nitrogens is 2. The lowest BCUT2D eigenvalue weighted by atomic mass is 9.99. The monoisotopic (exact) mass is 325 g/mol. The number of carbonyl (C=O) groups is 1. The number of hydrogen-bond donors (Lipinski definition) is 0. The molecule has 0 radical (unpaired) electrons. The summed E-state index contributed by atoms with van der Waals surface area (Å²) in [6.45, 7) is 6.85. The Morgan fingerprint density at radius 3 is 2.33 bits per heavy atom. The Hall–Kier alpha value is -2.43. The predicted octanol–water partition coefficient (Wildman–Crippen LogP) is 3.40. The van der Waals surface area contributed by atoms with Crippen molar-refractivity contribution in [1.82, 2.24) is 14.9 Å². The van der Waals surface area contributed by atoms with Crippen molar-refractivity contribution in [2.75, 3.05) is 13.1 Å². The van der Waals surface area contributed by atoms with Crippen molar-refractivity contribution < 1.29 is 9.53 Å². The first-order valence-corrected chi connectivity index (χ1v) is 8.23. The van der Waals surface area contributed by atoms with E-state index < -0.39 is 5.60 Å². The van der Waals surface area contributed by atoms with Crippen LogP contribution in [0.25, 0.3) is 0 Å². The zero-order valence-corrected chi connectivity index (χ0v) is 14.4. The van der Waals surface area contributed by atoms with Gasteiger partial charge in [-0.3, -0.25) is 0 Å². The first-order valence-electron chi connectivity index (χ1n) is 8.23. The average molecular weight is 325 g/mol. The van der Waals surface area contributed by atoms with Gasteiger partial charge in [-0.15, -0.1) is 0 Å². The zero-order valence-electron chi connectivity index (χ0n) is 14.4. The van der Waals surface area contributed by atoms with Crippen LogP contribution < -0.4 is 0 Å². The Labute approximate surface area is 142 Å². The highest BCUT2D eigenvalue weighted by atomic mass is 16.6. The third-order valence-electron chi connectivity index (χ3n) is 3.87. The Morgan fingerprint density at radius 1 is 1.12 bits per heavy atom. The topological polar surface area (TPSA) is 55.3 Å². The molecule has 1 saturated heterocycles. The van der Waals surface area contributed by atoms with Crippen LogP contribution in [-0.2, 0) is 11.2 Å². The van der Waals surface area contributed by atoms with Gasteiger partial charge in [-0.25, -0.2) is 14.8 Å².